The quantitative estimate of drug-likeness (QED) is 0.667. The van der Waals surface area contributed by atoms with Crippen molar-refractivity contribution >= 4 is 11.8 Å². The third-order valence-corrected chi connectivity index (χ3v) is 5.82. The van der Waals surface area contributed by atoms with Gasteiger partial charge in [-0.15, -0.1) is 0 Å². The molecule has 1 aliphatic heterocycles. The van der Waals surface area contributed by atoms with E-state index in [4.69, 9.17) is 9.47 Å². The van der Waals surface area contributed by atoms with Crippen molar-refractivity contribution in [2.75, 3.05) is 14.1 Å². The molecule has 0 aromatic heterocycles. The number of ether oxygens (including phenoxy) is 2. The zero-order chi connectivity index (χ0) is 18.5. The zero-order valence-electron chi connectivity index (χ0n) is 16.1. The summed E-state index contributed by atoms with van der Waals surface area (Å²) < 4.78 is 12.0. The second kappa shape index (κ2) is 8.94. The minimum Gasteiger partial charge on any atom is -0.489 e. The van der Waals surface area contributed by atoms with Crippen LogP contribution in [0.4, 0.5) is 0 Å². The van der Waals surface area contributed by atoms with E-state index >= 15 is 0 Å². The van der Waals surface area contributed by atoms with Crippen LogP contribution >= 0.6 is 11.8 Å². The number of rotatable bonds is 7. The van der Waals surface area contributed by atoms with Crippen LogP contribution in [0.1, 0.15) is 31.4 Å². The zero-order valence-corrected chi connectivity index (χ0v) is 17.0. The Morgan fingerprint density at radius 3 is 2.46 bits per heavy atom. The van der Waals surface area contributed by atoms with Gasteiger partial charge >= 0.3 is 0 Å². The number of hydrogen-bond acceptors (Lipinski definition) is 4. The van der Waals surface area contributed by atoms with Crippen LogP contribution in [0.2, 0.25) is 0 Å². The average molecular weight is 372 g/mol. The molecule has 3 atom stereocenters. The van der Waals surface area contributed by atoms with Gasteiger partial charge in [-0.05, 0) is 62.7 Å². The van der Waals surface area contributed by atoms with E-state index < -0.39 is 0 Å². The molecule has 0 N–H and O–H groups in total. The third kappa shape index (κ3) is 5.50. The Morgan fingerprint density at radius 2 is 1.81 bits per heavy atom. The summed E-state index contributed by atoms with van der Waals surface area (Å²) in [6, 6.07) is 17.0. The average Bonchev–Trinajstić information content (AvgIpc) is 2.91. The lowest BCUT2D eigenvalue weighted by atomic mass is 10.1. The second-order valence-corrected chi connectivity index (χ2v) is 8.65. The number of thioether (sulfide) groups is 1. The van der Waals surface area contributed by atoms with Crippen LogP contribution in [-0.2, 0) is 17.9 Å². The van der Waals surface area contributed by atoms with Gasteiger partial charge in [-0.2, -0.15) is 0 Å². The molecule has 1 unspecified atom stereocenters. The fraction of sp³-hybridized carbons (Fsp3) is 0.455. The van der Waals surface area contributed by atoms with Gasteiger partial charge in [0.15, 0.2) is 0 Å². The Labute approximate surface area is 161 Å². The first-order valence-corrected chi connectivity index (χ1v) is 10.1. The Balaban J connectivity index is 1.54. The standard InChI is InChI=1S/C22H29NO2S/c1-16-12-22(25-17(16)2)26-21-7-5-6-20(13-21)24-15-19-10-8-18(9-11-19)14-23(3)4/h5-11,13,16-17,22H,12,14-15H2,1-4H3/t16-,17+,22?/m1/s1. The monoisotopic (exact) mass is 371 g/mol. The maximum absolute atomic E-state index is 6.00. The van der Waals surface area contributed by atoms with E-state index in [-0.39, 0.29) is 5.44 Å². The van der Waals surface area contributed by atoms with Gasteiger partial charge in [0.1, 0.15) is 17.8 Å². The van der Waals surface area contributed by atoms with Gasteiger partial charge in [-0.25, -0.2) is 0 Å². The number of benzene rings is 2. The molecule has 0 bridgehead atoms. The van der Waals surface area contributed by atoms with E-state index in [9.17, 15) is 0 Å². The van der Waals surface area contributed by atoms with Crippen LogP contribution in [0.5, 0.6) is 5.75 Å². The molecule has 0 amide bonds. The second-order valence-electron chi connectivity index (χ2n) is 7.42. The van der Waals surface area contributed by atoms with E-state index in [1.165, 1.54) is 16.0 Å². The highest BCUT2D eigenvalue weighted by molar-refractivity contribution is 7.99. The van der Waals surface area contributed by atoms with Crippen LogP contribution in [0.3, 0.4) is 0 Å². The molecule has 2 aromatic carbocycles. The first kappa shape index (κ1) is 19.3. The fourth-order valence-electron chi connectivity index (χ4n) is 3.06. The van der Waals surface area contributed by atoms with Crippen molar-refractivity contribution in [2.45, 2.75) is 49.9 Å². The van der Waals surface area contributed by atoms with Gasteiger partial charge in [0, 0.05) is 11.4 Å². The molecule has 1 aliphatic rings. The molecule has 1 saturated heterocycles. The minimum absolute atomic E-state index is 0.250. The molecule has 0 saturated carbocycles. The maximum atomic E-state index is 6.00. The molecule has 3 nitrogen and oxygen atoms in total. The van der Waals surface area contributed by atoms with Gasteiger partial charge in [0.2, 0.25) is 0 Å². The van der Waals surface area contributed by atoms with Crippen molar-refractivity contribution in [3.8, 4) is 5.75 Å². The predicted octanol–water partition coefficient (Wildman–Crippen LogP) is 5.19. The molecule has 4 heteroatoms. The lowest BCUT2D eigenvalue weighted by Crippen LogP contribution is -2.10. The van der Waals surface area contributed by atoms with Gasteiger partial charge in [-0.1, -0.05) is 49.0 Å². The molecule has 0 aliphatic carbocycles. The SMILES string of the molecule is C[C@@H]1CC(Sc2cccc(OCc3ccc(CN(C)C)cc3)c2)O[C@H]1C. The van der Waals surface area contributed by atoms with Gasteiger partial charge in [0.25, 0.3) is 0 Å². The summed E-state index contributed by atoms with van der Waals surface area (Å²) in [6.45, 7) is 5.97. The molecule has 3 rings (SSSR count). The predicted molar refractivity (Wildman–Crippen MR) is 109 cm³/mol. The summed E-state index contributed by atoms with van der Waals surface area (Å²) in [5.74, 6) is 1.54. The van der Waals surface area contributed by atoms with Crippen molar-refractivity contribution in [3.63, 3.8) is 0 Å². The van der Waals surface area contributed by atoms with Crippen LogP contribution in [0.25, 0.3) is 0 Å². The Kier molecular flexibility index (Phi) is 6.63. The molecular formula is C22H29NO2S. The minimum atomic E-state index is 0.250. The van der Waals surface area contributed by atoms with Gasteiger partial charge in [-0.3, -0.25) is 0 Å². The van der Waals surface area contributed by atoms with Crippen LogP contribution in [0.15, 0.2) is 53.4 Å². The van der Waals surface area contributed by atoms with Crippen molar-refractivity contribution < 1.29 is 9.47 Å². The largest absolute Gasteiger partial charge is 0.489 e. The lowest BCUT2D eigenvalue weighted by Gasteiger charge is -2.13. The molecular weight excluding hydrogens is 342 g/mol. The summed E-state index contributed by atoms with van der Waals surface area (Å²) in [5, 5.41) is 0. The summed E-state index contributed by atoms with van der Waals surface area (Å²) in [7, 11) is 4.17. The normalized spacial score (nSPS) is 22.7. The summed E-state index contributed by atoms with van der Waals surface area (Å²) in [5.41, 5.74) is 2.75. The topological polar surface area (TPSA) is 21.7 Å². The fourth-order valence-corrected chi connectivity index (χ4v) is 4.34. The number of nitrogens with zero attached hydrogens (tertiary/aromatic N) is 1. The molecule has 1 fully saturated rings. The van der Waals surface area contributed by atoms with Crippen molar-refractivity contribution in [2.24, 2.45) is 5.92 Å². The van der Waals surface area contributed by atoms with Crippen molar-refractivity contribution in [1.29, 1.82) is 0 Å². The van der Waals surface area contributed by atoms with E-state index in [2.05, 4.69) is 75.3 Å². The summed E-state index contributed by atoms with van der Waals surface area (Å²) in [6.07, 6.45) is 1.46. The van der Waals surface area contributed by atoms with Crippen molar-refractivity contribution in [1.82, 2.24) is 4.90 Å². The Bertz CT molecular complexity index is 692. The van der Waals surface area contributed by atoms with E-state index in [1.54, 1.807) is 11.8 Å². The molecule has 140 valence electrons. The van der Waals surface area contributed by atoms with Gasteiger partial charge in [0.05, 0.1) is 6.10 Å². The highest BCUT2D eigenvalue weighted by atomic mass is 32.2. The first-order chi connectivity index (χ1) is 12.5. The Hall–Kier alpha value is -1.49. The maximum Gasteiger partial charge on any atom is 0.120 e. The van der Waals surface area contributed by atoms with E-state index in [0.29, 0.717) is 18.6 Å². The first-order valence-electron chi connectivity index (χ1n) is 9.27. The molecule has 0 spiro atoms. The van der Waals surface area contributed by atoms with Crippen LogP contribution in [-0.4, -0.2) is 30.5 Å². The molecule has 26 heavy (non-hydrogen) atoms. The lowest BCUT2D eigenvalue weighted by molar-refractivity contribution is 0.0922. The van der Waals surface area contributed by atoms with Crippen LogP contribution < -0.4 is 4.74 Å². The summed E-state index contributed by atoms with van der Waals surface area (Å²) >= 11 is 1.80. The highest BCUT2D eigenvalue weighted by Gasteiger charge is 2.29. The smallest absolute Gasteiger partial charge is 0.120 e. The van der Waals surface area contributed by atoms with E-state index in [1.807, 2.05) is 6.07 Å². The molecule has 1 heterocycles. The third-order valence-electron chi connectivity index (χ3n) is 4.73. The van der Waals surface area contributed by atoms with E-state index in [0.717, 1.165) is 18.7 Å². The number of hydrogen-bond donors (Lipinski definition) is 0. The highest BCUT2D eigenvalue weighted by Crippen LogP contribution is 2.37. The van der Waals surface area contributed by atoms with Gasteiger partial charge < -0.3 is 14.4 Å². The van der Waals surface area contributed by atoms with Crippen LogP contribution in [0, 0.1) is 5.92 Å². The van der Waals surface area contributed by atoms with Crippen molar-refractivity contribution in [3.05, 3.63) is 59.7 Å². The molecule has 2 aromatic rings. The molecule has 0 radical (unpaired) electrons. The Morgan fingerprint density at radius 1 is 1.08 bits per heavy atom. The summed E-state index contributed by atoms with van der Waals surface area (Å²) in [4.78, 5) is 3.37.